The molecule has 0 fully saturated rings. The van der Waals surface area contributed by atoms with Crippen molar-refractivity contribution in [2.24, 2.45) is 0 Å². The number of hydrogen-bond donors (Lipinski definition) is 1. The first-order chi connectivity index (χ1) is 9.83. The van der Waals surface area contributed by atoms with Gasteiger partial charge in [-0.15, -0.1) is 0 Å². The van der Waals surface area contributed by atoms with Crippen molar-refractivity contribution in [3.63, 3.8) is 0 Å². The van der Waals surface area contributed by atoms with E-state index in [0.29, 0.717) is 6.04 Å². The van der Waals surface area contributed by atoms with Gasteiger partial charge in [0.25, 0.3) is 5.91 Å². The Morgan fingerprint density at radius 2 is 1.81 bits per heavy atom. The van der Waals surface area contributed by atoms with Gasteiger partial charge in [0, 0.05) is 25.7 Å². The maximum absolute atomic E-state index is 11.5. The molecule has 1 amide bonds. The van der Waals surface area contributed by atoms with Crippen LogP contribution in [0.5, 0.6) is 0 Å². The second-order valence-corrected chi connectivity index (χ2v) is 5.76. The first-order valence-electron chi connectivity index (χ1n) is 7.85. The molecular weight excluding hydrogens is 260 g/mol. The fraction of sp³-hybridized carbons (Fsp3) is 0.611. The minimum atomic E-state index is 0.0584. The average Bonchev–Trinajstić information content (AvgIpc) is 2.47. The van der Waals surface area contributed by atoms with Crippen LogP contribution in [0.1, 0.15) is 55.1 Å². The minimum absolute atomic E-state index is 0.0584. The van der Waals surface area contributed by atoms with E-state index in [1.165, 1.54) is 18.4 Å². The van der Waals surface area contributed by atoms with Gasteiger partial charge in [0.1, 0.15) is 0 Å². The Hall–Kier alpha value is -1.35. The predicted molar refractivity (Wildman–Crippen MR) is 92.0 cm³/mol. The summed E-state index contributed by atoms with van der Waals surface area (Å²) in [6.45, 7) is 11.8. The molecule has 1 rings (SSSR count). The second-order valence-electron chi connectivity index (χ2n) is 5.76. The van der Waals surface area contributed by atoms with E-state index in [1.807, 2.05) is 32.0 Å². The summed E-state index contributed by atoms with van der Waals surface area (Å²) in [7, 11) is 3.52. The summed E-state index contributed by atoms with van der Waals surface area (Å²) in [6, 6.07) is 6.48. The fourth-order valence-corrected chi connectivity index (χ4v) is 1.67. The molecular formula is C18H32N2O. The van der Waals surface area contributed by atoms with Gasteiger partial charge in [-0.3, -0.25) is 4.79 Å². The molecule has 3 heteroatoms. The van der Waals surface area contributed by atoms with Crippen LogP contribution in [0.2, 0.25) is 0 Å². The van der Waals surface area contributed by atoms with Gasteiger partial charge >= 0.3 is 0 Å². The maximum atomic E-state index is 11.5. The first kappa shape index (κ1) is 19.7. The molecule has 0 aliphatic rings. The van der Waals surface area contributed by atoms with Crippen molar-refractivity contribution < 1.29 is 4.79 Å². The van der Waals surface area contributed by atoms with Crippen LogP contribution in [0.4, 0.5) is 0 Å². The van der Waals surface area contributed by atoms with Gasteiger partial charge < -0.3 is 10.2 Å². The monoisotopic (exact) mass is 292 g/mol. The molecule has 0 spiro atoms. The molecule has 0 radical (unpaired) electrons. The molecule has 0 aliphatic carbocycles. The van der Waals surface area contributed by atoms with Gasteiger partial charge in [0.15, 0.2) is 0 Å². The van der Waals surface area contributed by atoms with Gasteiger partial charge in [-0.2, -0.15) is 0 Å². The molecule has 0 saturated heterocycles. The molecule has 21 heavy (non-hydrogen) atoms. The third-order valence-corrected chi connectivity index (χ3v) is 3.52. The SMILES string of the molecule is CCCNC(C)CC.Cc1ccc(C(=O)N(C)C)cc1C. The molecule has 1 aromatic rings. The molecule has 0 saturated carbocycles. The molecule has 0 aliphatic heterocycles. The summed E-state index contributed by atoms with van der Waals surface area (Å²) < 4.78 is 0. The number of aryl methyl sites for hydroxylation is 2. The highest BCUT2D eigenvalue weighted by Crippen LogP contribution is 2.10. The quantitative estimate of drug-likeness (QED) is 0.895. The third kappa shape index (κ3) is 7.86. The number of nitrogens with one attached hydrogen (secondary N) is 1. The summed E-state index contributed by atoms with van der Waals surface area (Å²) in [4.78, 5) is 13.1. The molecule has 1 unspecified atom stereocenters. The fourth-order valence-electron chi connectivity index (χ4n) is 1.67. The van der Waals surface area contributed by atoms with Crippen LogP contribution >= 0.6 is 0 Å². The number of amides is 1. The third-order valence-electron chi connectivity index (χ3n) is 3.52. The second kappa shape index (κ2) is 10.4. The molecule has 1 atom stereocenters. The van der Waals surface area contributed by atoms with E-state index in [2.05, 4.69) is 26.1 Å². The molecule has 0 aromatic heterocycles. The highest BCUT2D eigenvalue weighted by Gasteiger charge is 2.07. The van der Waals surface area contributed by atoms with Crippen molar-refractivity contribution in [1.29, 1.82) is 0 Å². The van der Waals surface area contributed by atoms with Crippen molar-refractivity contribution in [2.75, 3.05) is 20.6 Å². The van der Waals surface area contributed by atoms with Crippen LogP contribution in [0.25, 0.3) is 0 Å². The molecule has 120 valence electrons. The van der Waals surface area contributed by atoms with Crippen LogP contribution in [-0.2, 0) is 0 Å². The zero-order chi connectivity index (χ0) is 16.4. The van der Waals surface area contributed by atoms with E-state index >= 15 is 0 Å². The number of carbonyl (C=O) groups is 1. The van der Waals surface area contributed by atoms with E-state index < -0.39 is 0 Å². The number of benzene rings is 1. The van der Waals surface area contributed by atoms with Crippen LogP contribution in [-0.4, -0.2) is 37.5 Å². The largest absolute Gasteiger partial charge is 0.345 e. The summed E-state index contributed by atoms with van der Waals surface area (Å²) in [5.74, 6) is 0.0584. The van der Waals surface area contributed by atoms with E-state index in [1.54, 1.807) is 19.0 Å². The highest BCUT2D eigenvalue weighted by molar-refractivity contribution is 5.94. The van der Waals surface area contributed by atoms with E-state index in [-0.39, 0.29) is 5.91 Å². The number of carbonyl (C=O) groups excluding carboxylic acids is 1. The van der Waals surface area contributed by atoms with Crippen molar-refractivity contribution >= 4 is 5.91 Å². The predicted octanol–water partition coefficient (Wildman–Crippen LogP) is 3.79. The molecule has 0 heterocycles. The number of nitrogens with zero attached hydrogens (tertiary/aromatic N) is 1. The molecule has 0 bridgehead atoms. The van der Waals surface area contributed by atoms with Gasteiger partial charge in [0.2, 0.25) is 0 Å². The lowest BCUT2D eigenvalue weighted by molar-refractivity contribution is 0.0827. The van der Waals surface area contributed by atoms with Crippen molar-refractivity contribution in [1.82, 2.24) is 10.2 Å². The van der Waals surface area contributed by atoms with Crippen LogP contribution < -0.4 is 5.32 Å². The summed E-state index contributed by atoms with van der Waals surface area (Å²) in [5.41, 5.74) is 3.14. The van der Waals surface area contributed by atoms with Crippen molar-refractivity contribution in [3.8, 4) is 0 Å². The van der Waals surface area contributed by atoms with E-state index in [4.69, 9.17) is 0 Å². The van der Waals surface area contributed by atoms with E-state index in [9.17, 15) is 4.79 Å². The van der Waals surface area contributed by atoms with Crippen molar-refractivity contribution in [3.05, 3.63) is 34.9 Å². The Bertz CT molecular complexity index is 427. The van der Waals surface area contributed by atoms with Crippen molar-refractivity contribution in [2.45, 2.75) is 53.5 Å². The molecule has 3 nitrogen and oxygen atoms in total. The van der Waals surface area contributed by atoms with Gasteiger partial charge in [-0.1, -0.05) is 19.9 Å². The maximum Gasteiger partial charge on any atom is 0.253 e. The summed E-state index contributed by atoms with van der Waals surface area (Å²) in [5, 5.41) is 3.38. The Morgan fingerprint density at radius 1 is 1.19 bits per heavy atom. The zero-order valence-corrected chi connectivity index (χ0v) is 14.8. The molecule has 1 N–H and O–H groups in total. The van der Waals surface area contributed by atoms with Gasteiger partial charge in [-0.25, -0.2) is 0 Å². The Balaban J connectivity index is 0.000000433. The lowest BCUT2D eigenvalue weighted by Gasteiger charge is -2.11. The van der Waals surface area contributed by atoms with Gasteiger partial charge in [-0.05, 0) is 63.4 Å². The topological polar surface area (TPSA) is 32.3 Å². The van der Waals surface area contributed by atoms with Crippen LogP contribution in [0.15, 0.2) is 18.2 Å². The van der Waals surface area contributed by atoms with Crippen LogP contribution in [0.3, 0.4) is 0 Å². The summed E-state index contributed by atoms with van der Waals surface area (Å²) in [6.07, 6.45) is 2.48. The lowest BCUT2D eigenvalue weighted by Crippen LogP contribution is -2.25. The smallest absolute Gasteiger partial charge is 0.253 e. The standard InChI is InChI=1S/C11H15NO.C7H17N/c1-8-5-6-10(7-9(8)2)11(13)12(3)4;1-4-6-8-7(3)5-2/h5-7H,1-4H3;7-8H,4-6H2,1-3H3. The lowest BCUT2D eigenvalue weighted by atomic mass is 10.1. The Labute approximate surface area is 130 Å². The van der Waals surface area contributed by atoms with E-state index in [0.717, 1.165) is 17.7 Å². The highest BCUT2D eigenvalue weighted by atomic mass is 16.2. The normalized spacial score (nSPS) is 11.4. The molecule has 1 aromatic carbocycles. The van der Waals surface area contributed by atoms with Gasteiger partial charge in [0.05, 0.1) is 0 Å². The Kier molecular flexibility index (Phi) is 9.72. The number of rotatable bonds is 5. The minimum Gasteiger partial charge on any atom is -0.345 e. The number of hydrogen-bond acceptors (Lipinski definition) is 2. The zero-order valence-electron chi connectivity index (χ0n) is 14.8. The Morgan fingerprint density at radius 3 is 2.24 bits per heavy atom. The first-order valence-corrected chi connectivity index (χ1v) is 7.85. The average molecular weight is 292 g/mol. The summed E-state index contributed by atoms with van der Waals surface area (Å²) >= 11 is 0. The van der Waals surface area contributed by atoms with Crippen LogP contribution in [0, 0.1) is 13.8 Å².